The monoisotopic (exact) mass is 282 g/mol. The third-order valence-corrected chi connectivity index (χ3v) is 4.14. The first kappa shape index (κ1) is 14.5. The van der Waals surface area contributed by atoms with Gasteiger partial charge in [-0.15, -0.1) is 11.3 Å². The van der Waals surface area contributed by atoms with Gasteiger partial charge >= 0.3 is 29.6 Å². The van der Waals surface area contributed by atoms with Crippen molar-refractivity contribution >= 4 is 23.4 Å². The van der Waals surface area contributed by atoms with Gasteiger partial charge in [0.2, 0.25) is 0 Å². The number of carboxylic acid groups (broad SMARTS) is 1. The summed E-state index contributed by atoms with van der Waals surface area (Å²) in [5.41, 5.74) is 1.63. The summed E-state index contributed by atoms with van der Waals surface area (Å²) in [5.74, 6) is -0.126. The zero-order valence-corrected chi connectivity index (χ0v) is 13.4. The molecule has 92 valence electrons. The Kier molecular flexibility index (Phi) is 4.62. The number of hydrogen-bond donors (Lipinski definition) is 1. The molecule has 0 radical (unpaired) electrons. The van der Waals surface area contributed by atoms with Crippen LogP contribution in [0.15, 0.2) is 24.0 Å². The van der Waals surface area contributed by atoms with Gasteiger partial charge in [0, 0.05) is 28.6 Å². The van der Waals surface area contributed by atoms with E-state index in [0.717, 1.165) is 23.5 Å². The number of aliphatic carboxylic acids is 1. The number of fused-ring (bicyclic) bond motifs is 1. The fourth-order valence-corrected chi connectivity index (χ4v) is 3.31. The van der Waals surface area contributed by atoms with Crippen molar-refractivity contribution in [3.8, 4) is 0 Å². The van der Waals surface area contributed by atoms with Gasteiger partial charge in [-0.05, 0) is 36.1 Å². The molecule has 1 aliphatic rings. The summed E-state index contributed by atoms with van der Waals surface area (Å²) in [7, 11) is 0. The largest absolute Gasteiger partial charge is 1.00 e. The average Bonchev–Trinajstić information content (AvgIpc) is 2.96. The molecule has 0 unspecified atom stereocenters. The van der Waals surface area contributed by atoms with Gasteiger partial charge in [0.15, 0.2) is 0 Å². The quantitative estimate of drug-likeness (QED) is 0.672. The van der Waals surface area contributed by atoms with Crippen LogP contribution in [0.4, 0.5) is 0 Å². The molecule has 2 heterocycles. The van der Waals surface area contributed by atoms with E-state index in [1.54, 1.807) is 29.8 Å². The SMILES string of the molecule is O=C([O-])C1=Cc2sc(Cc3ncc[nH]3)cc2CC1.[Na+]. The van der Waals surface area contributed by atoms with E-state index in [9.17, 15) is 9.90 Å². The van der Waals surface area contributed by atoms with E-state index < -0.39 is 5.97 Å². The molecule has 0 aliphatic heterocycles. The minimum atomic E-state index is -1.05. The van der Waals surface area contributed by atoms with Gasteiger partial charge < -0.3 is 14.9 Å². The Morgan fingerprint density at radius 3 is 3.00 bits per heavy atom. The predicted molar refractivity (Wildman–Crippen MR) is 67.0 cm³/mol. The standard InChI is InChI=1S/C13H12N2O2S.Na/c16-13(17)9-2-1-8-5-10(18-11(8)6-9)7-12-14-3-4-15-12;/h3-6H,1-2,7H2,(H,14,15)(H,16,17);/q;+1/p-1. The molecule has 3 rings (SSSR count). The van der Waals surface area contributed by atoms with Crippen LogP contribution in [-0.4, -0.2) is 15.9 Å². The number of carboxylic acids is 1. The van der Waals surface area contributed by atoms with E-state index in [4.69, 9.17) is 0 Å². The topological polar surface area (TPSA) is 68.8 Å². The Morgan fingerprint density at radius 1 is 1.47 bits per heavy atom. The maximum atomic E-state index is 10.8. The van der Waals surface area contributed by atoms with Crippen molar-refractivity contribution in [2.75, 3.05) is 0 Å². The third kappa shape index (κ3) is 3.17. The number of H-pyrrole nitrogens is 1. The molecule has 6 heteroatoms. The number of nitrogens with one attached hydrogen (secondary N) is 1. The van der Waals surface area contributed by atoms with Crippen LogP contribution in [0.5, 0.6) is 0 Å². The van der Waals surface area contributed by atoms with Crippen molar-refractivity contribution < 1.29 is 39.5 Å². The zero-order valence-electron chi connectivity index (χ0n) is 10.6. The van der Waals surface area contributed by atoms with E-state index in [1.165, 1.54) is 10.4 Å². The van der Waals surface area contributed by atoms with Crippen molar-refractivity contribution in [3.05, 3.63) is 45.2 Å². The zero-order chi connectivity index (χ0) is 12.5. The summed E-state index contributed by atoms with van der Waals surface area (Å²) >= 11 is 1.63. The van der Waals surface area contributed by atoms with Gasteiger partial charge in [-0.25, -0.2) is 4.98 Å². The minimum absolute atomic E-state index is 0. The number of aryl methyl sites for hydroxylation is 1. The van der Waals surface area contributed by atoms with E-state index in [0.29, 0.717) is 12.0 Å². The summed E-state index contributed by atoms with van der Waals surface area (Å²) in [6.45, 7) is 0. The molecule has 0 spiro atoms. The Morgan fingerprint density at radius 2 is 2.32 bits per heavy atom. The second-order valence-electron chi connectivity index (χ2n) is 4.27. The normalized spacial score (nSPS) is 13.4. The number of carbonyl (C=O) groups excluding carboxylic acids is 1. The molecular weight excluding hydrogens is 271 g/mol. The fraction of sp³-hybridized carbons (Fsp3) is 0.231. The molecule has 0 aromatic carbocycles. The van der Waals surface area contributed by atoms with Crippen LogP contribution in [0.25, 0.3) is 6.08 Å². The van der Waals surface area contributed by atoms with Crippen LogP contribution in [0.1, 0.15) is 27.6 Å². The molecule has 4 nitrogen and oxygen atoms in total. The van der Waals surface area contributed by atoms with Crippen molar-refractivity contribution in [3.63, 3.8) is 0 Å². The number of hydrogen-bond acceptors (Lipinski definition) is 4. The van der Waals surface area contributed by atoms with Crippen molar-refractivity contribution in [2.24, 2.45) is 0 Å². The molecule has 0 saturated heterocycles. The van der Waals surface area contributed by atoms with Gasteiger partial charge in [0.25, 0.3) is 0 Å². The van der Waals surface area contributed by atoms with Gasteiger partial charge in [0.05, 0.1) is 5.97 Å². The smallest absolute Gasteiger partial charge is 0.545 e. The van der Waals surface area contributed by atoms with Crippen molar-refractivity contribution in [1.82, 2.24) is 9.97 Å². The minimum Gasteiger partial charge on any atom is -0.545 e. The first-order valence-corrected chi connectivity index (χ1v) is 6.56. The van der Waals surface area contributed by atoms with Gasteiger partial charge in [-0.1, -0.05) is 0 Å². The Hall–Kier alpha value is -0.880. The van der Waals surface area contributed by atoms with E-state index >= 15 is 0 Å². The molecule has 19 heavy (non-hydrogen) atoms. The molecule has 0 fully saturated rings. The number of imidazole rings is 1. The number of aromatic amines is 1. The van der Waals surface area contributed by atoms with Crippen LogP contribution in [0.3, 0.4) is 0 Å². The first-order valence-electron chi connectivity index (χ1n) is 5.74. The molecule has 0 atom stereocenters. The van der Waals surface area contributed by atoms with E-state index in [1.807, 2.05) is 0 Å². The molecule has 1 N–H and O–H groups in total. The maximum Gasteiger partial charge on any atom is 1.00 e. The van der Waals surface area contributed by atoms with Gasteiger partial charge in [-0.2, -0.15) is 0 Å². The molecule has 2 aromatic heterocycles. The first-order chi connectivity index (χ1) is 8.72. The number of aromatic nitrogens is 2. The average molecular weight is 282 g/mol. The Labute approximate surface area is 136 Å². The summed E-state index contributed by atoms with van der Waals surface area (Å²) in [5, 5.41) is 10.8. The second-order valence-corrected chi connectivity index (χ2v) is 5.44. The number of rotatable bonds is 3. The van der Waals surface area contributed by atoms with Crippen molar-refractivity contribution in [2.45, 2.75) is 19.3 Å². The van der Waals surface area contributed by atoms with Crippen LogP contribution in [0, 0.1) is 0 Å². The summed E-state index contributed by atoms with van der Waals surface area (Å²) in [4.78, 5) is 20.3. The molecule has 1 aliphatic carbocycles. The van der Waals surface area contributed by atoms with Crippen LogP contribution >= 0.6 is 11.3 Å². The molecule has 0 saturated carbocycles. The van der Waals surface area contributed by atoms with Gasteiger partial charge in [-0.3, -0.25) is 0 Å². The summed E-state index contributed by atoms with van der Waals surface area (Å²) in [6, 6.07) is 2.14. The molecule has 2 aromatic rings. The Bertz CT molecular complexity index is 617. The van der Waals surface area contributed by atoms with E-state index in [-0.39, 0.29) is 29.6 Å². The third-order valence-electron chi connectivity index (χ3n) is 3.02. The van der Waals surface area contributed by atoms with Crippen LogP contribution in [0.2, 0.25) is 0 Å². The summed E-state index contributed by atoms with van der Waals surface area (Å²) < 4.78 is 0. The number of carbonyl (C=O) groups is 1. The second kappa shape index (κ2) is 6.05. The van der Waals surface area contributed by atoms with Crippen LogP contribution < -0.4 is 34.7 Å². The van der Waals surface area contributed by atoms with Crippen LogP contribution in [-0.2, 0) is 17.6 Å². The summed E-state index contributed by atoms with van der Waals surface area (Å²) in [6.07, 6.45) is 7.38. The van der Waals surface area contributed by atoms with E-state index in [2.05, 4.69) is 16.0 Å². The molecule has 0 bridgehead atoms. The molecule has 0 amide bonds. The van der Waals surface area contributed by atoms with Gasteiger partial charge in [0.1, 0.15) is 5.82 Å². The van der Waals surface area contributed by atoms with Crippen molar-refractivity contribution in [1.29, 1.82) is 0 Å². The number of thiophene rings is 1. The Balaban J connectivity index is 0.00000133. The maximum absolute atomic E-state index is 10.8. The predicted octanol–water partition coefficient (Wildman–Crippen LogP) is -1.85. The number of nitrogens with zero attached hydrogens (tertiary/aromatic N) is 1. The molecular formula is C13H11N2NaO2S. The fourth-order valence-electron chi connectivity index (χ4n) is 2.13.